The summed E-state index contributed by atoms with van der Waals surface area (Å²) in [7, 11) is 3.40. The zero-order chi connectivity index (χ0) is 10.1. The summed E-state index contributed by atoms with van der Waals surface area (Å²) >= 11 is 0. The first-order valence-corrected chi connectivity index (χ1v) is 4.10. The van der Waals surface area contributed by atoms with E-state index in [-0.39, 0.29) is 0 Å². The van der Waals surface area contributed by atoms with Crippen molar-refractivity contribution in [2.24, 2.45) is 7.05 Å². The number of nitrogens with zero attached hydrogens (tertiary/aromatic N) is 4. The third-order valence-electron chi connectivity index (χ3n) is 1.88. The molecule has 0 atom stereocenters. The number of aromatic nitrogens is 4. The van der Waals surface area contributed by atoms with E-state index in [0.29, 0.717) is 17.5 Å². The quantitative estimate of drug-likeness (QED) is 0.739. The molecule has 0 saturated heterocycles. The first kappa shape index (κ1) is 8.61. The van der Waals surface area contributed by atoms with Crippen molar-refractivity contribution in [1.82, 2.24) is 19.6 Å². The molecule has 0 unspecified atom stereocenters. The van der Waals surface area contributed by atoms with Gasteiger partial charge in [0.25, 0.3) is 0 Å². The molecular weight excluding hydrogens is 182 g/mol. The fourth-order valence-corrected chi connectivity index (χ4v) is 1.20. The summed E-state index contributed by atoms with van der Waals surface area (Å²) in [6, 6.07) is 3.49. The molecule has 14 heavy (non-hydrogen) atoms. The van der Waals surface area contributed by atoms with Crippen molar-refractivity contribution in [2.75, 3.05) is 12.8 Å². The van der Waals surface area contributed by atoms with E-state index in [1.807, 2.05) is 0 Å². The normalized spacial score (nSPS) is 10.4. The molecule has 2 rings (SSSR count). The summed E-state index contributed by atoms with van der Waals surface area (Å²) in [5.74, 6) is 1.82. The van der Waals surface area contributed by atoms with Crippen LogP contribution in [0.2, 0.25) is 0 Å². The molecule has 2 aromatic heterocycles. The van der Waals surface area contributed by atoms with Gasteiger partial charge in [0, 0.05) is 25.4 Å². The van der Waals surface area contributed by atoms with Gasteiger partial charge in [-0.05, 0) is 0 Å². The molecule has 2 heterocycles. The van der Waals surface area contributed by atoms with Crippen molar-refractivity contribution >= 4 is 5.82 Å². The zero-order valence-electron chi connectivity index (χ0n) is 8.01. The van der Waals surface area contributed by atoms with E-state index in [9.17, 15) is 0 Å². The molecular formula is C8H11N5O. The first-order chi connectivity index (χ1) is 6.70. The second-order valence-corrected chi connectivity index (χ2v) is 2.85. The van der Waals surface area contributed by atoms with Crippen molar-refractivity contribution in [2.45, 2.75) is 0 Å². The van der Waals surface area contributed by atoms with Crippen LogP contribution in [-0.4, -0.2) is 26.7 Å². The van der Waals surface area contributed by atoms with Gasteiger partial charge in [0.15, 0.2) is 5.82 Å². The second-order valence-electron chi connectivity index (χ2n) is 2.85. The highest BCUT2D eigenvalue weighted by Crippen LogP contribution is 2.14. The number of ether oxygens (including phenoxy) is 1. The van der Waals surface area contributed by atoms with Crippen molar-refractivity contribution in [1.29, 1.82) is 0 Å². The zero-order valence-corrected chi connectivity index (χ0v) is 8.01. The van der Waals surface area contributed by atoms with Crippen LogP contribution in [0.5, 0.6) is 5.88 Å². The Morgan fingerprint density at radius 2 is 2.21 bits per heavy atom. The van der Waals surface area contributed by atoms with Gasteiger partial charge in [0.1, 0.15) is 5.82 Å². The van der Waals surface area contributed by atoms with Crippen molar-refractivity contribution in [3.8, 4) is 11.7 Å². The summed E-state index contributed by atoms with van der Waals surface area (Å²) < 4.78 is 8.31. The van der Waals surface area contributed by atoms with E-state index in [0.717, 1.165) is 0 Å². The van der Waals surface area contributed by atoms with Gasteiger partial charge in [-0.25, -0.2) is 9.36 Å². The van der Waals surface area contributed by atoms with Gasteiger partial charge in [-0.1, -0.05) is 0 Å². The Balaban J connectivity index is 2.42. The van der Waals surface area contributed by atoms with Gasteiger partial charge in [0.2, 0.25) is 5.88 Å². The molecule has 0 spiro atoms. The van der Waals surface area contributed by atoms with E-state index in [1.165, 1.54) is 0 Å². The van der Waals surface area contributed by atoms with Gasteiger partial charge in [-0.15, -0.1) is 10.2 Å². The molecule has 6 heteroatoms. The third-order valence-corrected chi connectivity index (χ3v) is 1.88. The predicted molar refractivity (Wildman–Crippen MR) is 51.3 cm³/mol. The maximum Gasteiger partial charge on any atom is 0.213 e. The van der Waals surface area contributed by atoms with Crippen LogP contribution in [0.4, 0.5) is 5.82 Å². The van der Waals surface area contributed by atoms with Gasteiger partial charge in [-0.2, -0.15) is 0 Å². The van der Waals surface area contributed by atoms with Crippen molar-refractivity contribution < 1.29 is 4.74 Å². The molecule has 6 nitrogen and oxygen atoms in total. The molecule has 0 aliphatic rings. The molecule has 2 aromatic rings. The van der Waals surface area contributed by atoms with Crippen LogP contribution in [0.1, 0.15) is 0 Å². The maximum atomic E-state index is 5.50. The highest BCUT2D eigenvalue weighted by Gasteiger charge is 2.07. The van der Waals surface area contributed by atoms with E-state index >= 15 is 0 Å². The number of rotatable bonds is 2. The average Bonchev–Trinajstić information content (AvgIpc) is 2.71. The highest BCUT2D eigenvalue weighted by molar-refractivity contribution is 5.32. The van der Waals surface area contributed by atoms with Crippen LogP contribution in [0.3, 0.4) is 0 Å². The van der Waals surface area contributed by atoms with Crippen LogP contribution in [-0.2, 0) is 7.05 Å². The summed E-state index contributed by atoms with van der Waals surface area (Å²) in [6.45, 7) is 0. The number of nitrogen functional groups attached to an aromatic ring is 1. The summed E-state index contributed by atoms with van der Waals surface area (Å²) in [5.41, 5.74) is 5.50. The number of methoxy groups -OCH3 is 1. The minimum atomic E-state index is 0.467. The Labute approximate surface area is 80.9 Å². The second kappa shape index (κ2) is 3.06. The molecule has 0 aromatic carbocycles. The van der Waals surface area contributed by atoms with Crippen LogP contribution in [0.15, 0.2) is 18.3 Å². The standard InChI is InChI=1S/C8H11N5O/c1-12-8(14-2)5-7(11-12)13-4-3-6(9)10-13/h3-5H,1-2H3,(H2,9,10). The molecule has 74 valence electrons. The SMILES string of the molecule is COc1cc(-n2ccc(N)n2)nn1C. The molecule has 0 aliphatic carbocycles. The first-order valence-electron chi connectivity index (χ1n) is 4.10. The third kappa shape index (κ3) is 1.30. The Morgan fingerprint density at radius 3 is 2.71 bits per heavy atom. The monoisotopic (exact) mass is 193 g/mol. The Morgan fingerprint density at radius 1 is 1.43 bits per heavy atom. The van der Waals surface area contributed by atoms with Gasteiger partial charge in [-0.3, -0.25) is 0 Å². The summed E-state index contributed by atoms with van der Waals surface area (Å²) in [4.78, 5) is 0. The van der Waals surface area contributed by atoms with Gasteiger partial charge < -0.3 is 10.5 Å². The molecule has 0 amide bonds. The summed E-state index contributed by atoms with van der Waals surface area (Å²) in [5, 5.41) is 8.23. The minimum Gasteiger partial charge on any atom is -0.481 e. The molecule has 0 saturated carbocycles. The average molecular weight is 193 g/mol. The Bertz CT molecular complexity index is 444. The van der Waals surface area contributed by atoms with Crippen molar-refractivity contribution in [3.05, 3.63) is 18.3 Å². The lowest BCUT2D eigenvalue weighted by molar-refractivity contribution is 0.373. The smallest absolute Gasteiger partial charge is 0.213 e. The van der Waals surface area contributed by atoms with Crippen LogP contribution in [0.25, 0.3) is 5.82 Å². The number of nitrogens with two attached hydrogens (primary N) is 1. The van der Waals surface area contributed by atoms with E-state index < -0.39 is 0 Å². The number of aryl methyl sites for hydroxylation is 1. The Hall–Kier alpha value is -1.98. The highest BCUT2D eigenvalue weighted by atomic mass is 16.5. The van der Waals surface area contributed by atoms with Crippen LogP contribution in [0, 0.1) is 0 Å². The maximum absolute atomic E-state index is 5.50. The van der Waals surface area contributed by atoms with E-state index in [4.69, 9.17) is 10.5 Å². The number of hydrogen-bond donors (Lipinski definition) is 1. The summed E-state index contributed by atoms with van der Waals surface area (Å²) in [6.07, 6.45) is 1.75. The number of hydrogen-bond acceptors (Lipinski definition) is 4. The lowest BCUT2D eigenvalue weighted by Crippen LogP contribution is -1.99. The Kier molecular flexibility index (Phi) is 1.88. The fourth-order valence-electron chi connectivity index (χ4n) is 1.20. The van der Waals surface area contributed by atoms with E-state index in [1.54, 1.807) is 41.9 Å². The van der Waals surface area contributed by atoms with Crippen LogP contribution >= 0.6 is 0 Å². The molecule has 0 radical (unpaired) electrons. The number of anilines is 1. The molecule has 0 fully saturated rings. The van der Waals surface area contributed by atoms with E-state index in [2.05, 4.69) is 10.2 Å². The van der Waals surface area contributed by atoms with Crippen molar-refractivity contribution in [3.63, 3.8) is 0 Å². The largest absolute Gasteiger partial charge is 0.481 e. The minimum absolute atomic E-state index is 0.467. The van der Waals surface area contributed by atoms with Gasteiger partial charge in [0.05, 0.1) is 7.11 Å². The molecule has 2 N–H and O–H groups in total. The molecule has 0 bridgehead atoms. The predicted octanol–water partition coefficient (Wildman–Crippen LogP) is 0.197. The topological polar surface area (TPSA) is 70.9 Å². The van der Waals surface area contributed by atoms with Crippen LogP contribution < -0.4 is 10.5 Å². The molecule has 0 aliphatic heterocycles. The lowest BCUT2D eigenvalue weighted by Gasteiger charge is -1.95. The fraction of sp³-hybridized carbons (Fsp3) is 0.250. The van der Waals surface area contributed by atoms with Gasteiger partial charge >= 0.3 is 0 Å². The lowest BCUT2D eigenvalue weighted by atomic mass is 10.6.